The number of ketones is 1. The standard InChI is InChI=1S/C17H27NO5/c1-7-22-15(20)14-9-17(13(6)19,16(21)23-8-2)10-18(11(3)4)12(14)5/h11H,7-10H2,1-6H3. The quantitative estimate of drug-likeness (QED) is 0.550. The third-order valence-electron chi connectivity index (χ3n) is 4.27. The first-order valence-corrected chi connectivity index (χ1v) is 8.03. The molecule has 1 atom stereocenters. The number of Topliss-reactive ketones (excluding diaryl/α,β-unsaturated/α-hetero) is 1. The molecule has 0 aromatic heterocycles. The molecule has 0 aromatic rings. The molecule has 23 heavy (non-hydrogen) atoms. The molecule has 0 spiro atoms. The maximum atomic E-state index is 12.5. The number of rotatable bonds is 6. The lowest BCUT2D eigenvalue weighted by Gasteiger charge is -2.43. The number of carbonyl (C=O) groups is 3. The van der Waals surface area contributed by atoms with E-state index in [1.165, 1.54) is 6.92 Å². The molecule has 0 saturated heterocycles. The van der Waals surface area contributed by atoms with Crippen LogP contribution in [0.15, 0.2) is 11.3 Å². The van der Waals surface area contributed by atoms with E-state index in [1.807, 2.05) is 25.7 Å². The predicted molar refractivity (Wildman–Crippen MR) is 85.5 cm³/mol. The number of allylic oxidation sites excluding steroid dienone is 1. The summed E-state index contributed by atoms with van der Waals surface area (Å²) in [5.74, 6) is -1.35. The smallest absolute Gasteiger partial charge is 0.335 e. The van der Waals surface area contributed by atoms with E-state index in [2.05, 4.69) is 0 Å². The van der Waals surface area contributed by atoms with Crippen molar-refractivity contribution in [2.45, 2.75) is 54.0 Å². The average Bonchev–Trinajstić information content (AvgIpc) is 2.47. The van der Waals surface area contributed by atoms with Crippen LogP contribution in [0.2, 0.25) is 0 Å². The van der Waals surface area contributed by atoms with Gasteiger partial charge in [0, 0.05) is 24.7 Å². The Bertz CT molecular complexity index is 523. The highest BCUT2D eigenvalue weighted by Crippen LogP contribution is 2.39. The molecule has 0 N–H and O–H groups in total. The highest BCUT2D eigenvalue weighted by molar-refractivity contribution is 6.05. The van der Waals surface area contributed by atoms with Crippen LogP contribution in [-0.4, -0.2) is 48.4 Å². The van der Waals surface area contributed by atoms with Gasteiger partial charge in [0.15, 0.2) is 0 Å². The van der Waals surface area contributed by atoms with E-state index in [1.54, 1.807) is 13.8 Å². The summed E-state index contributed by atoms with van der Waals surface area (Å²) in [6.45, 7) is 11.2. The number of esters is 2. The predicted octanol–water partition coefficient (Wildman–Crippen LogP) is 2.08. The molecule has 0 saturated carbocycles. The molecule has 1 unspecified atom stereocenters. The third-order valence-corrected chi connectivity index (χ3v) is 4.27. The zero-order chi connectivity index (χ0) is 17.8. The summed E-state index contributed by atoms with van der Waals surface area (Å²) in [6, 6.07) is 0.0351. The van der Waals surface area contributed by atoms with Gasteiger partial charge >= 0.3 is 11.9 Å². The monoisotopic (exact) mass is 325 g/mol. The van der Waals surface area contributed by atoms with Gasteiger partial charge in [0.2, 0.25) is 0 Å². The molecule has 1 heterocycles. The van der Waals surface area contributed by atoms with Crippen molar-refractivity contribution in [1.82, 2.24) is 4.90 Å². The molecular formula is C17H27NO5. The summed E-state index contributed by atoms with van der Waals surface area (Å²) < 4.78 is 10.2. The lowest BCUT2D eigenvalue weighted by molar-refractivity contribution is -0.162. The number of hydrogen-bond donors (Lipinski definition) is 0. The molecule has 1 rings (SSSR count). The molecule has 0 bridgehead atoms. The van der Waals surface area contributed by atoms with E-state index in [-0.39, 0.29) is 38.0 Å². The summed E-state index contributed by atoms with van der Waals surface area (Å²) in [6.07, 6.45) is 0.0229. The second-order valence-corrected chi connectivity index (χ2v) is 6.04. The maximum absolute atomic E-state index is 12.5. The minimum atomic E-state index is -1.36. The van der Waals surface area contributed by atoms with Crippen LogP contribution in [-0.2, 0) is 23.9 Å². The van der Waals surface area contributed by atoms with Gasteiger partial charge in [-0.3, -0.25) is 9.59 Å². The third kappa shape index (κ3) is 3.74. The fraction of sp³-hybridized carbons (Fsp3) is 0.706. The van der Waals surface area contributed by atoms with Crippen LogP contribution in [0.25, 0.3) is 0 Å². The summed E-state index contributed by atoms with van der Waals surface area (Å²) in [7, 11) is 0. The van der Waals surface area contributed by atoms with Crippen LogP contribution in [0.1, 0.15) is 48.0 Å². The Hall–Kier alpha value is -1.85. The SMILES string of the molecule is CCOC(=O)C1=C(C)N(C(C)C)CC(C(C)=O)(C(=O)OCC)C1. The van der Waals surface area contributed by atoms with E-state index in [4.69, 9.17) is 9.47 Å². The van der Waals surface area contributed by atoms with Crippen LogP contribution in [0.4, 0.5) is 0 Å². The second kappa shape index (κ2) is 7.62. The maximum Gasteiger partial charge on any atom is 0.335 e. The molecule has 0 amide bonds. The van der Waals surface area contributed by atoms with E-state index >= 15 is 0 Å². The zero-order valence-electron chi connectivity index (χ0n) is 14.9. The molecular weight excluding hydrogens is 298 g/mol. The van der Waals surface area contributed by atoms with Crippen molar-refractivity contribution in [2.75, 3.05) is 19.8 Å². The first kappa shape index (κ1) is 19.2. The van der Waals surface area contributed by atoms with Crippen molar-refractivity contribution >= 4 is 17.7 Å². The van der Waals surface area contributed by atoms with Gasteiger partial charge in [0.05, 0.1) is 18.8 Å². The fourth-order valence-corrected chi connectivity index (χ4v) is 2.86. The Morgan fingerprint density at radius 2 is 1.74 bits per heavy atom. The highest BCUT2D eigenvalue weighted by Gasteiger charge is 2.51. The Morgan fingerprint density at radius 3 is 2.17 bits per heavy atom. The van der Waals surface area contributed by atoms with Crippen molar-refractivity contribution in [2.24, 2.45) is 5.41 Å². The zero-order valence-corrected chi connectivity index (χ0v) is 14.9. The first-order chi connectivity index (χ1) is 10.7. The van der Waals surface area contributed by atoms with Crippen molar-refractivity contribution in [3.05, 3.63) is 11.3 Å². The van der Waals surface area contributed by atoms with Crippen LogP contribution >= 0.6 is 0 Å². The highest BCUT2D eigenvalue weighted by atomic mass is 16.5. The Labute approximate surface area is 137 Å². The number of nitrogens with zero attached hydrogens (tertiary/aromatic N) is 1. The lowest BCUT2D eigenvalue weighted by atomic mass is 9.74. The van der Waals surface area contributed by atoms with E-state index in [0.29, 0.717) is 5.57 Å². The number of hydrogen-bond acceptors (Lipinski definition) is 6. The summed E-state index contributed by atoms with van der Waals surface area (Å²) in [5.41, 5.74) is -0.239. The molecule has 0 aromatic carbocycles. The normalized spacial score (nSPS) is 21.4. The van der Waals surface area contributed by atoms with Gasteiger partial charge in [-0.2, -0.15) is 0 Å². The summed E-state index contributed by atoms with van der Waals surface area (Å²) in [4.78, 5) is 39.0. The first-order valence-electron chi connectivity index (χ1n) is 8.03. The Morgan fingerprint density at radius 1 is 1.17 bits per heavy atom. The van der Waals surface area contributed by atoms with Gasteiger partial charge in [-0.25, -0.2) is 4.79 Å². The summed E-state index contributed by atoms with van der Waals surface area (Å²) in [5, 5.41) is 0. The number of ether oxygens (including phenoxy) is 2. The summed E-state index contributed by atoms with van der Waals surface area (Å²) >= 11 is 0. The lowest BCUT2D eigenvalue weighted by Crippen LogP contribution is -2.53. The van der Waals surface area contributed by atoms with Gasteiger partial charge in [0.25, 0.3) is 0 Å². The topological polar surface area (TPSA) is 72.9 Å². The Kier molecular flexibility index (Phi) is 6.36. The second-order valence-electron chi connectivity index (χ2n) is 6.04. The Balaban J connectivity index is 3.40. The van der Waals surface area contributed by atoms with Crippen LogP contribution in [0, 0.1) is 5.41 Å². The minimum Gasteiger partial charge on any atom is -0.465 e. The fourth-order valence-electron chi connectivity index (χ4n) is 2.86. The molecule has 0 radical (unpaired) electrons. The van der Waals surface area contributed by atoms with Gasteiger partial charge in [-0.1, -0.05) is 0 Å². The molecule has 1 aliphatic rings. The number of carbonyl (C=O) groups excluding carboxylic acids is 3. The van der Waals surface area contributed by atoms with Gasteiger partial charge in [0.1, 0.15) is 11.2 Å². The van der Waals surface area contributed by atoms with Crippen LogP contribution in [0.3, 0.4) is 0 Å². The van der Waals surface area contributed by atoms with Gasteiger partial charge < -0.3 is 14.4 Å². The van der Waals surface area contributed by atoms with Gasteiger partial charge in [-0.05, 0) is 41.5 Å². The van der Waals surface area contributed by atoms with Crippen LogP contribution in [0.5, 0.6) is 0 Å². The van der Waals surface area contributed by atoms with Crippen molar-refractivity contribution in [3.63, 3.8) is 0 Å². The van der Waals surface area contributed by atoms with Crippen molar-refractivity contribution in [3.8, 4) is 0 Å². The molecule has 0 fully saturated rings. The van der Waals surface area contributed by atoms with Gasteiger partial charge in [-0.15, -0.1) is 0 Å². The molecule has 6 nitrogen and oxygen atoms in total. The largest absolute Gasteiger partial charge is 0.465 e. The molecule has 0 aliphatic carbocycles. The van der Waals surface area contributed by atoms with Crippen LogP contribution < -0.4 is 0 Å². The van der Waals surface area contributed by atoms with E-state index in [0.717, 1.165) is 5.70 Å². The average molecular weight is 325 g/mol. The molecule has 1 aliphatic heterocycles. The van der Waals surface area contributed by atoms with E-state index < -0.39 is 17.4 Å². The van der Waals surface area contributed by atoms with Crippen molar-refractivity contribution < 1.29 is 23.9 Å². The molecule has 130 valence electrons. The van der Waals surface area contributed by atoms with E-state index in [9.17, 15) is 14.4 Å². The minimum absolute atomic E-state index is 0.0229. The molecule has 6 heteroatoms. The van der Waals surface area contributed by atoms with Crippen molar-refractivity contribution in [1.29, 1.82) is 0 Å².